The number of halogens is 1. The van der Waals surface area contributed by atoms with Gasteiger partial charge < -0.3 is 10.5 Å². The molecular weight excluding hydrogens is 238 g/mol. The third-order valence-corrected chi connectivity index (χ3v) is 2.61. The summed E-state index contributed by atoms with van der Waals surface area (Å²) in [6, 6.07) is 12.8. The van der Waals surface area contributed by atoms with E-state index in [1.54, 1.807) is 0 Å². The first-order valence-electron chi connectivity index (χ1n) is 5.05. The molecule has 0 aliphatic carbocycles. The lowest BCUT2D eigenvalue weighted by atomic mass is 9.99. The Kier molecular flexibility index (Phi) is 4.49. The molecule has 0 aromatic heterocycles. The molecule has 2 N–H and O–H groups in total. The maximum absolute atomic E-state index is 11.4. The lowest BCUT2D eigenvalue weighted by molar-refractivity contribution is -0.142. The fraction of sp³-hybridized carbons (Fsp3) is 0.154. The summed E-state index contributed by atoms with van der Waals surface area (Å²) in [5.74, 6) is -0.420. The molecule has 0 heterocycles. The van der Waals surface area contributed by atoms with Crippen molar-refractivity contribution in [3.8, 4) is 0 Å². The number of hydrogen-bond acceptors (Lipinski definition) is 3. The van der Waals surface area contributed by atoms with Crippen LogP contribution in [0.1, 0.15) is 11.6 Å². The lowest BCUT2D eigenvalue weighted by Crippen LogP contribution is -2.22. The predicted octanol–water partition coefficient (Wildman–Crippen LogP) is 2.43. The van der Waals surface area contributed by atoms with Crippen molar-refractivity contribution in [2.45, 2.75) is 6.04 Å². The van der Waals surface area contributed by atoms with Crippen LogP contribution in [0.3, 0.4) is 0 Å². The van der Waals surface area contributed by atoms with Crippen LogP contribution in [0, 0.1) is 0 Å². The van der Waals surface area contributed by atoms with Gasteiger partial charge in [-0.2, -0.15) is 0 Å². The highest BCUT2D eigenvalue weighted by Crippen LogP contribution is 2.23. The first-order valence-corrected chi connectivity index (χ1v) is 5.05. The van der Waals surface area contributed by atoms with Gasteiger partial charge in [0.2, 0.25) is 0 Å². The Morgan fingerprint density at radius 3 is 2.53 bits per heavy atom. The van der Waals surface area contributed by atoms with Gasteiger partial charge in [0.25, 0.3) is 0 Å². The van der Waals surface area contributed by atoms with E-state index in [0.29, 0.717) is 0 Å². The fourth-order valence-electron chi connectivity index (χ4n) is 1.78. The minimum Gasteiger partial charge on any atom is -0.468 e. The third kappa shape index (κ3) is 2.57. The zero-order chi connectivity index (χ0) is 11.5. The number of carbonyl (C=O) groups is 1. The normalized spacial score (nSPS) is 11.6. The number of ether oxygens (including phenoxy) is 1. The summed E-state index contributed by atoms with van der Waals surface area (Å²) in [6.07, 6.45) is 0. The first-order chi connectivity index (χ1) is 7.74. The van der Waals surface area contributed by atoms with E-state index in [9.17, 15) is 4.79 Å². The molecule has 3 nitrogen and oxygen atoms in total. The zero-order valence-corrected chi connectivity index (χ0v) is 10.2. The van der Waals surface area contributed by atoms with Crippen LogP contribution in [0.2, 0.25) is 0 Å². The van der Waals surface area contributed by atoms with Crippen molar-refractivity contribution in [2.24, 2.45) is 5.73 Å². The lowest BCUT2D eigenvalue weighted by Gasteiger charge is -2.12. The first kappa shape index (κ1) is 13.5. The maximum atomic E-state index is 11.4. The van der Waals surface area contributed by atoms with Crippen molar-refractivity contribution in [1.82, 2.24) is 0 Å². The number of hydrogen-bond donors (Lipinski definition) is 1. The summed E-state index contributed by atoms with van der Waals surface area (Å²) in [4.78, 5) is 11.4. The number of carbonyl (C=O) groups excluding carboxylic acids is 1. The average molecular weight is 252 g/mol. The number of methoxy groups -OCH3 is 1. The summed E-state index contributed by atoms with van der Waals surface area (Å²) < 4.78 is 4.65. The molecule has 0 saturated carbocycles. The van der Waals surface area contributed by atoms with Gasteiger partial charge in [0.15, 0.2) is 0 Å². The Labute approximate surface area is 106 Å². The van der Waals surface area contributed by atoms with Gasteiger partial charge >= 0.3 is 5.97 Å². The molecule has 0 bridgehead atoms. The van der Waals surface area contributed by atoms with E-state index in [4.69, 9.17) is 5.73 Å². The van der Waals surface area contributed by atoms with Crippen LogP contribution < -0.4 is 5.73 Å². The minimum atomic E-state index is -0.726. The summed E-state index contributed by atoms with van der Waals surface area (Å²) in [5, 5.41) is 2.06. The molecule has 2 aromatic rings. The summed E-state index contributed by atoms with van der Waals surface area (Å²) in [5.41, 5.74) is 6.64. The van der Waals surface area contributed by atoms with Crippen LogP contribution in [-0.2, 0) is 9.53 Å². The molecule has 0 aliphatic heterocycles. The van der Waals surface area contributed by atoms with Crippen LogP contribution in [0.4, 0.5) is 0 Å². The third-order valence-electron chi connectivity index (χ3n) is 2.61. The highest BCUT2D eigenvalue weighted by Gasteiger charge is 2.17. The average Bonchev–Trinajstić information content (AvgIpc) is 2.36. The Morgan fingerprint density at radius 2 is 1.82 bits per heavy atom. The summed E-state index contributed by atoms with van der Waals surface area (Å²) in [7, 11) is 1.34. The molecule has 2 rings (SSSR count). The van der Waals surface area contributed by atoms with Crippen molar-refractivity contribution in [3.63, 3.8) is 0 Å². The van der Waals surface area contributed by atoms with Gasteiger partial charge in [-0.15, -0.1) is 12.4 Å². The van der Waals surface area contributed by atoms with E-state index in [0.717, 1.165) is 16.3 Å². The SMILES string of the molecule is COC(=O)[C@@H](N)c1cccc2ccccc12.Cl. The molecule has 0 amide bonds. The molecule has 4 heteroatoms. The van der Waals surface area contributed by atoms with Gasteiger partial charge in [-0.05, 0) is 16.3 Å². The van der Waals surface area contributed by atoms with Gasteiger partial charge in [-0.25, -0.2) is 0 Å². The van der Waals surface area contributed by atoms with E-state index >= 15 is 0 Å². The van der Waals surface area contributed by atoms with Gasteiger partial charge in [0.05, 0.1) is 7.11 Å². The Balaban J connectivity index is 0.00000144. The topological polar surface area (TPSA) is 52.3 Å². The standard InChI is InChI=1S/C13H13NO2.ClH/c1-16-13(15)12(14)11-8-4-6-9-5-2-3-7-10(9)11;/h2-8,12H,14H2,1H3;1H/t12-;/m0./s1. The number of fused-ring (bicyclic) bond motifs is 1. The minimum absolute atomic E-state index is 0. The van der Waals surface area contributed by atoms with E-state index in [2.05, 4.69) is 4.74 Å². The predicted molar refractivity (Wildman–Crippen MR) is 70.1 cm³/mol. The van der Waals surface area contributed by atoms with Gasteiger partial charge in [0.1, 0.15) is 6.04 Å². The van der Waals surface area contributed by atoms with Crippen LogP contribution in [0.25, 0.3) is 10.8 Å². The molecule has 0 aliphatic rings. The molecule has 17 heavy (non-hydrogen) atoms. The molecule has 1 atom stereocenters. The fourth-order valence-corrected chi connectivity index (χ4v) is 1.78. The van der Waals surface area contributed by atoms with Crippen LogP contribution >= 0.6 is 12.4 Å². The molecular formula is C13H14ClNO2. The molecule has 0 spiro atoms. The summed E-state index contributed by atoms with van der Waals surface area (Å²) >= 11 is 0. The summed E-state index contributed by atoms with van der Waals surface area (Å²) in [6.45, 7) is 0. The maximum Gasteiger partial charge on any atom is 0.327 e. The largest absolute Gasteiger partial charge is 0.468 e. The zero-order valence-electron chi connectivity index (χ0n) is 9.42. The number of benzene rings is 2. The molecule has 0 unspecified atom stereocenters. The Bertz CT molecular complexity index is 522. The highest BCUT2D eigenvalue weighted by molar-refractivity contribution is 5.90. The molecule has 0 fully saturated rings. The quantitative estimate of drug-likeness (QED) is 0.834. The molecule has 0 radical (unpaired) electrons. The second kappa shape index (κ2) is 5.66. The van der Waals surface area contributed by atoms with Gasteiger partial charge in [-0.3, -0.25) is 4.79 Å². The monoisotopic (exact) mass is 251 g/mol. The van der Waals surface area contributed by atoms with E-state index < -0.39 is 12.0 Å². The molecule has 90 valence electrons. The van der Waals surface area contributed by atoms with Gasteiger partial charge in [-0.1, -0.05) is 42.5 Å². The van der Waals surface area contributed by atoms with Gasteiger partial charge in [0, 0.05) is 0 Å². The Hall–Kier alpha value is -1.58. The van der Waals surface area contributed by atoms with Crippen molar-refractivity contribution < 1.29 is 9.53 Å². The van der Waals surface area contributed by atoms with Crippen molar-refractivity contribution in [3.05, 3.63) is 48.0 Å². The number of esters is 1. The van der Waals surface area contributed by atoms with E-state index in [1.165, 1.54) is 7.11 Å². The molecule has 0 saturated heterocycles. The second-order valence-electron chi connectivity index (χ2n) is 3.57. The molecule has 2 aromatic carbocycles. The van der Waals surface area contributed by atoms with Crippen molar-refractivity contribution >= 4 is 29.1 Å². The van der Waals surface area contributed by atoms with Crippen LogP contribution in [0.5, 0.6) is 0 Å². The smallest absolute Gasteiger partial charge is 0.327 e. The highest BCUT2D eigenvalue weighted by atomic mass is 35.5. The van der Waals surface area contributed by atoms with Crippen molar-refractivity contribution in [1.29, 1.82) is 0 Å². The Morgan fingerprint density at radius 1 is 1.18 bits per heavy atom. The van der Waals surface area contributed by atoms with E-state index in [1.807, 2.05) is 42.5 Å². The number of rotatable bonds is 2. The number of nitrogens with two attached hydrogens (primary N) is 1. The van der Waals surface area contributed by atoms with Crippen molar-refractivity contribution in [2.75, 3.05) is 7.11 Å². The second-order valence-corrected chi connectivity index (χ2v) is 3.57. The van der Waals surface area contributed by atoms with E-state index in [-0.39, 0.29) is 12.4 Å². The van der Waals surface area contributed by atoms with Crippen LogP contribution in [-0.4, -0.2) is 13.1 Å². The van der Waals surface area contributed by atoms with Crippen LogP contribution in [0.15, 0.2) is 42.5 Å².